The van der Waals surface area contributed by atoms with Crippen LogP contribution < -0.4 is 5.32 Å². The third-order valence-electron chi connectivity index (χ3n) is 3.88. The maximum Gasteiger partial charge on any atom is 0.121 e. The van der Waals surface area contributed by atoms with E-state index in [2.05, 4.69) is 39.8 Å². The summed E-state index contributed by atoms with van der Waals surface area (Å²) in [6, 6.07) is 8.71. The molecule has 0 spiro atoms. The van der Waals surface area contributed by atoms with E-state index in [0.29, 0.717) is 5.92 Å². The monoisotopic (exact) mass is 303 g/mol. The van der Waals surface area contributed by atoms with Gasteiger partial charge in [-0.25, -0.2) is 0 Å². The minimum absolute atomic E-state index is 0.523. The standard InChI is InChI=1S/C16H21N3OS/c1-20-9-8-17-7-6-15-18-19-16(21-15)14-10-12-4-2-3-5-13(12)11-14/h2-5,14,17H,6-11H2,1H3. The Morgan fingerprint density at radius 1 is 1.19 bits per heavy atom. The number of nitrogens with one attached hydrogen (secondary N) is 1. The van der Waals surface area contributed by atoms with Gasteiger partial charge in [0.2, 0.25) is 0 Å². The van der Waals surface area contributed by atoms with Gasteiger partial charge < -0.3 is 10.1 Å². The largest absolute Gasteiger partial charge is 0.383 e. The van der Waals surface area contributed by atoms with Gasteiger partial charge in [-0.05, 0) is 24.0 Å². The van der Waals surface area contributed by atoms with Gasteiger partial charge in [-0.1, -0.05) is 24.3 Å². The van der Waals surface area contributed by atoms with Gasteiger partial charge in [0.05, 0.1) is 6.61 Å². The molecule has 1 aliphatic rings. The fraction of sp³-hybridized carbons (Fsp3) is 0.500. The third kappa shape index (κ3) is 3.67. The highest BCUT2D eigenvalue weighted by atomic mass is 32.1. The van der Waals surface area contributed by atoms with Crippen LogP contribution in [0.2, 0.25) is 0 Å². The molecule has 0 bridgehead atoms. The van der Waals surface area contributed by atoms with Crippen molar-refractivity contribution in [3.63, 3.8) is 0 Å². The van der Waals surface area contributed by atoms with E-state index in [4.69, 9.17) is 4.74 Å². The van der Waals surface area contributed by atoms with Crippen molar-refractivity contribution < 1.29 is 4.74 Å². The maximum atomic E-state index is 5.01. The zero-order valence-corrected chi connectivity index (χ0v) is 13.2. The minimum atomic E-state index is 0.523. The van der Waals surface area contributed by atoms with Gasteiger partial charge in [-0.2, -0.15) is 0 Å². The van der Waals surface area contributed by atoms with E-state index < -0.39 is 0 Å². The average Bonchev–Trinajstić information content (AvgIpc) is 3.13. The second kappa shape index (κ2) is 7.11. The lowest BCUT2D eigenvalue weighted by Crippen LogP contribution is -2.21. The molecule has 0 aliphatic heterocycles. The number of rotatable bonds is 7. The lowest BCUT2D eigenvalue weighted by Gasteiger charge is -2.02. The highest BCUT2D eigenvalue weighted by molar-refractivity contribution is 7.11. The molecule has 0 saturated carbocycles. The number of nitrogens with zero attached hydrogens (tertiary/aromatic N) is 2. The first-order chi connectivity index (χ1) is 10.4. The first kappa shape index (κ1) is 14.6. The number of hydrogen-bond donors (Lipinski definition) is 1. The molecule has 2 aromatic rings. The summed E-state index contributed by atoms with van der Waals surface area (Å²) >= 11 is 1.77. The summed E-state index contributed by atoms with van der Waals surface area (Å²) in [5.41, 5.74) is 2.95. The van der Waals surface area contributed by atoms with Gasteiger partial charge in [0, 0.05) is 32.5 Å². The smallest absolute Gasteiger partial charge is 0.121 e. The molecule has 21 heavy (non-hydrogen) atoms. The number of methoxy groups -OCH3 is 1. The second-order valence-corrected chi connectivity index (χ2v) is 6.49. The van der Waals surface area contributed by atoms with E-state index in [9.17, 15) is 0 Å². The Labute approximate surface area is 129 Å². The van der Waals surface area contributed by atoms with Gasteiger partial charge in [0.1, 0.15) is 10.0 Å². The number of benzene rings is 1. The van der Waals surface area contributed by atoms with Crippen LogP contribution >= 0.6 is 11.3 Å². The Hall–Kier alpha value is -1.30. The van der Waals surface area contributed by atoms with Crippen LogP contribution in [0, 0.1) is 0 Å². The number of aromatic nitrogens is 2. The van der Waals surface area contributed by atoms with Crippen LogP contribution in [0.5, 0.6) is 0 Å². The highest BCUT2D eigenvalue weighted by Crippen LogP contribution is 2.34. The van der Waals surface area contributed by atoms with Crippen molar-refractivity contribution in [1.82, 2.24) is 15.5 Å². The first-order valence-electron chi connectivity index (χ1n) is 7.45. The second-order valence-electron chi connectivity index (χ2n) is 5.40. The molecule has 0 amide bonds. The lowest BCUT2D eigenvalue weighted by molar-refractivity contribution is 0.199. The molecule has 5 heteroatoms. The quantitative estimate of drug-likeness (QED) is 0.797. The Kier molecular flexibility index (Phi) is 4.95. The van der Waals surface area contributed by atoms with Crippen molar-refractivity contribution in [3.05, 3.63) is 45.4 Å². The number of ether oxygens (including phenoxy) is 1. The van der Waals surface area contributed by atoms with Crippen molar-refractivity contribution in [2.45, 2.75) is 25.2 Å². The molecule has 0 atom stereocenters. The Balaban J connectivity index is 1.52. The summed E-state index contributed by atoms with van der Waals surface area (Å²) in [6.07, 6.45) is 3.16. The van der Waals surface area contributed by atoms with Crippen LogP contribution in [0.3, 0.4) is 0 Å². The van der Waals surface area contributed by atoms with Crippen LogP contribution in [-0.4, -0.2) is 37.0 Å². The molecule has 1 N–H and O–H groups in total. The first-order valence-corrected chi connectivity index (χ1v) is 8.27. The molecular formula is C16H21N3OS. The van der Waals surface area contributed by atoms with Gasteiger partial charge in [-0.3, -0.25) is 0 Å². The van der Waals surface area contributed by atoms with Crippen LogP contribution in [0.25, 0.3) is 0 Å². The van der Waals surface area contributed by atoms with Gasteiger partial charge >= 0.3 is 0 Å². The summed E-state index contributed by atoms with van der Waals surface area (Å²) in [4.78, 5) is 0. The van der Waals surface area contributed by atoms with Crippen molar-refractivity contribution in [1.29, 1.82) is 0 Å². The summed E-state index contributed by atoms with van der Waals surface area (Å²) in [5.74, 6) is 0.523. The molecule has 0 unspecified atom stereocenters. The van der Waals surface area contributed by atoms with E-state index >= 15 is 0 Å². The molecule has 1 aliphatic carbocycles. The molecule has 0 radical (unpaired) electrons. The van der Waals surface area contributed by atoms with E-state index in [-0.39, 0.29) is 0 Å². The van der Waals surface area contributed by atoms with Gasteiger partial charge in [0.25, 0.3) is 0 Å². The SMILES string of the molecule is COCCNCCc1nnc(C2Cc3ccccc3C2)s1. The molecule has 1 aromatic heterocycles. The van der Waals surface area contributed by atoms with E-state index in [1.54, 1.807) is 18.4 Å². The topological polar surface area (TPSA) is 47.0 Å². The molecule has 0 saturated heterocycles. The molecule has 3 rings (SSSR count). The zero-order chi connectivity index (χ0) is 14.5. The van der Waals surface area contributed by atoms with Crippen LogP contribution in [0.1, 0.15) is 27.1 Å². The number of hydrogen-bond acceptors (Lipinski definition) is 5. The predicted octanol–water partition coefficient (Wildman–Crippen LogP) is 2.20. The van der Waals surface area contributed by atoms with E-state index in [0.717, 1.165) is 44.0 Å². The Morgan fingerprint density at radius 2 is 1.95 bits per heavy atom. The van der Waals surface area contributed by atoms with Gasteiger partial charge in [0.15, 0.2) is 0 Å². The van der Waals surface area contributed by atoms with E-state index in [1.807, 2.05) is 0 Å². The third-order valence-corrected chi connectivity index (χ3v) is 5.03. The van der Waals surface area contributed by atoms with Crippen molar-refractivity contribution in [2.24, 2.45) is 0 Å². The maximum absolute atomic E-state index is 5.01. The normalized spacial score (nSPS) is 14.5. The summed E-state index contributed by atoms with van der Waals surface area (Å²) in [5, 5.41) is 14.4. The lowest BCUT2D eigenvalue weighted by atomic mass is 10.1. The molecule has 112 valence electrons. The fourth-order valence-corrected chi connectivity index (χ4v) is 3.70. The molecule has 1 heterocycles. The average molecular weight is 303 g/mol. The number of fused-ring (bicyclic) bond motifs is 1. The molecule has 0 fully saturated rings. The van der Waals surface area contributed by atoms with E-state index in [1.165, 1.54) is 16.1 Å². The van der Waals surface area contributed by atoms with Crippen molar-refractivity contribution in [2.75, 3.05) is 26.8 Å². The highest BCUT2D eigenvalue weighted by Gasteiger charge is 2.25. The minimum Gasteiger partial charge on any atom is -0.383 e. The Bertz CT molecular complexity index is 559. The van der Waals surface area contributed by atoms with Crippen molar-refractivity contribution >= 4 is 11.3 Å². The molecular weight excluding hydrogens is 282 g/mol. The van der Waals surface area contributed by atoms with Crippen LogP contribution in [0.15, 0.2) is 24.3 Å². The zero-order valence-electron chi connectivity index (χ0n) is 12.3. The molecule has 4 nitrogen and oxygen atoms in total. The van der Waals surface area contributed by atoms with Crippen molar-refractivity contribution in [3.8, 4) is 0 Å². The van der Waals surface area contributed by atoms with Crippen LogP contribution in [-0.2, 0) is 24.0 Å². The van der Waals surface area contributed by atoms with Crippen LogP contribution in [0.4, 0.5) is 0 Å². The summed E-state index contributed by atoms with van der Waals surface area (Å²) in [6.45, 7) is 2.57. The molecule has 1 aromatic carbocycles. The fourth-order valence-electron chi connectivity index (χ4n) is 2.76. The Morgan fingerprint density at radius 3 is 2.67 bits per heavy atom. The summed E-state index contributed by atoms with van der Waals surface area (Å²) in [7, 11) is 1.72. The summed E-state index contributed by atoms with van der Waals surface area (Å²) < 4.78 is 5.01. The predicted molar refractivity (Wildman–Crippen MR) is 84.9 cm³/mol. The van der Waals surface area contributed by atoms with Gasteiger partial charge in [-0.15, -0.1) is 21.5 Å².